The lowest BCUT2D eigenvalue weighted by molar-refractivity contribution is -0.123. The van der Waals surface area contributed by atoms with Gasteiger partial charge >= 0.3 is 0 Å². The second-order valence-corrected chi connectivity index (χ2v) is 9.43. The molecule has 0 saturated carbocycles. The third-order valence-electron chi connectivity index (χ3n) is 3.35. The summed E-state index contributed by atoms with van der Waals surface area (Å²) in [6, 6.07) is 9.93. The maximum absolute atomic E-state index is 12.4. The molecule has 8 heteroatoms. The van der Waals surface area contributed by atoms with Crippen LogP contribution in [0.1, 0.15) is 19.4 Å². The molecule has 1 atom stereocenters. The monoisotopic (exact) mass is 430 g/mol. The Bertz CT molecular complexity index is 789. The van der Waals surface area contributed by atoms with E-state index in [0.29, 0.717) is 6.54 Å². The van der Waals surface area contributed by atoms with Crippen LogP contribution < -0.4 is 10.0 Å². The predicted octanol–water partition coefficient (Wildman–Crippen LogP) is 3.13. The van der Waals surface area contributed by atoms with E-state index in [1.54, 1.807) is 25.3 Å². The summed E-state index contributed by atoms with van der Waals surface area (Å²) in [5.41, 5.74) is 0.932. The summed E-state index contributed by atoms with van der Waals surface area (Å²) in [5, 5.41) is 4.48. The normalized spacial score (nSPS) is 13.0. The predicted molar refractivity (Wildman–Crippen MR) is 99.3 cm³/mol. The van der Waals surface area contributed by atoms with Gasteiger partial charge in [-0.1, -0.05) is 48.0 Å². The van der Waals surface area contributed by atoms with E-state index in [1.807, 2.05) is 24.3 Å². The number of hydrogen-bond donors (Lipinski definition) is 2. The zero-order valence-corrected chi connectivity index (χ0v) is 16.5. The van der Waals surface area contributed by atoms with E-state index in [9.17, 15) is 13.2 Å². The van der Waals surface area contributed by atoms with E-state index in [1.165, 1.54) is 6.07 Å². The zero-order chi connectivity index (χ0) is 17.7. The second-order valence-electron chi connectivity index (χ2n) is 5.62. The lowest BCUT2D eigenvalue weighted by atomic mass is 10.0. The van der Waals surface area contributed by atoms with Gasteiger partial charge in [0.25, 0.3) is 10.0 Å². The van der Waals surface area contributed by atoms with E-state index >= 15 is 0 Å². The highest BCUT2D eigenvalue weighted by atomic mass is 79.9. The smallest absolute Gasteiger partial charge is 0.250 e. The number of benzene rings is 1. The van der Waals surface area contributed by atoms with Crippen molar-refractivity contribution in [1.29, 1.82) is 0 Å². The number of sulfonamides is 1. The third-order valence-corrected chi connectivity index (χ3v) is 6.68. The summed E-state index contributed by atoms with van der Waals surface area (Å²) < 4.78 is 28.3. The average molecular weight is 431 g/mol. The number of hydrogen-bond acceptors (Lipinski definition) is 4. The van der Waals surface area contributed by atoms with Crippen LogP contribution in [-0.4, -0.2) is 20.4 Å². The molecule has 0 unspecified atom stereocenters. The van der Waals surface area contributed by atoms with Crippen molar-refractivity contribution in [3.63, 3.8) is 0 Å². The fraction of sp³-hybridized carbons (Fsp3) is 0.312. The van der Waals surface area contributed by atoms with Crippen LogP contribution in [0.4, 0.5) is 0 Å². The molecule has 1 heterocycles. The van der Waals surface area contributed by atoms with Crippen molar-refractivity contribution >= 4 is 43.2 Å². The third kappa shape index (κ3) is 5.14. The Morgan fingerprint density at radius 2 is 2.00 bits per heavy atom. The molecule has 0 aliphatic rings. The van der Waals surface area contributed by atoms with Gasteiger partial charge in [0.1, 0.15) is 10.3 Å². The summed E-state index contributed by atoms with van der Waals surface area (Å²) in [4.78, 5) is 12.4. The summed E-state index contributed by atoms with van der Waals surface area (Å²) in [5.74, 6) is -0.521. The van der Waals surface area contributed by atoms with Crippen LogP contribution in [0.5, 0.6) is 0 Å². The van der Waals surface area contributed by atoms with E-state index in [-0.39, 0.29) is 16.0 Å². The van der Waals surface area contributed by atoms with Gasteiger partial charge in [-0.3, -0.25) is 4.79 Å². The van der Waals surface area contributed by atoms with Crippen molar-refractivity contribution < 1.29 is 13.2 Å². The molecule has 2 aromatic rings. The number of amides is 1. The molecule has 2 N–H and O–H groups in total. The first kappa shape index (κ1) is 19.1. The molecule has 0 fully saturated rings. The van der Waals surface area contributed by atoms with Crippen LogP contribution in [0.3, 0.4) is 0 Å². The van der Waals surface area contributed by atoms with Crippen LogP contribution in [0, 0.1) is 5.92 Å². The highest BCUT2D eigenvalue weighted by Crippen LogP contribution is 2.17. The molecule has 0 radical (unpaired) electrons. The Kier molecular flexibility index (Phi) is 6.56. The van der Waals surface area contributed by atoms with Crippen molar-refractivity contribution in [3.8, 4) is 0 Å². The molecule has 130 valence electrons. The number of thiophene rings is 1. The Labute approximate surface area is 154 Å². The maximum Gasteiger partial charge on any atom is 0.250 e. The highest BCUT2D eigenvalue weighted by Gasteiger charge is 2.28. The molecule has 0 bridgehead atoms. The highest BCUT2D eigenvalue weighted by molar-refractivity contribution is 9.10. The quantitative estimate of drug-likeness (QED) is 0.708. The molecule has 1 aromatic carbocycles. The summed E-state index contributed by atoms with van der Waals surface area (Å²) in [6.07, 6.45) is 0. The van der Waals surface area contributed by atoms with Gasteiger partial charge in [0.2, 0.25) is 5.91 Å². The first-order chi connectivity index (χ1) is 11.3. The molecule has 0 aliphatic heterocycles. The molecular formula is C16H19BrN2O3S2. The number of nitrogens with one attached hydrogen (secondary N) is 2. The lowest BCUT2D eigenvalue weighted by Gasteiger charge is -2.21. The summed E-state index contributed by atoms with van der Waals surface area (Å²) in [7, 11) is -3.70. The van der Waals surface area contributed by atoms with Gasteiger partial charge in [-0.25, -0.2) is 8.42 Å². The molecule has 0 spiro atoms. The minimum absolute atomic E-state index is 0.178. The van der Waals surface area contributed by atoms with Crippen LogP contribution in [0.25, 0.3) is 0 Å². The van der Waals surface area contributed by atoms with Gasteiger partial charge in [0.15, 0.2) is 0 Å². The second kappa shape index (κ2) is 8.24. The van der Waals surface area contributed by atoms with Crippen molar-refractivity contribution in [1.82, 2.24) is 10.0 Å². The summed E-state index contributed by atoms with van der Waals surface area (Å²) >= 11 is 4.50. The average Bonchev–Trinajstić information content (AvgIpc) is 3.05. The lowest BCUT2D eigenvalue weighted by Crippen LogP contribution is -2.49. The molecule has 0 aliphatic carbocycles. The van der Waals surface area contributed by atoms with Crippen LogP contribution in [-0.2, 0) is 21.4 Å². The maximum atomic E-state index is 12.4. The topological polar surface area (TPSA) is 75.3 Å². The number of rotatable bonds is 7. The van der Waals surface area contributed by atoms with Gasteiger partial charge in [0, 0.05) is 11.0 Å². The number of carbonyl (C=O) groups excluding carboxylic acids is 1. The van der Waals surface area contributed by atoms with Gasteiger partial charge < -0.3 is 5.32 Å². The van der Waals surface area contributed by atoms with Crippen molar-refractivity contribution in [2.24, 2.45) is 5.92 Å². The first-order valence-electron chi connectivity index (χ1n) is 7.37. The standard InChI is InChI=1S/C16H19BrN2O3S2/c1-11(2)15(19-24(21,22)14-7-4-8-23-14)16(20)18-10-12-5-3-6-13(17)9-12/h3-9,11,15,19H,10H2,1-2H3,(H,18,20)/t15-/m1/s1. The van der Waals surface area contributed by atoms with E-state index < -0.39 is 16.1 Å². The molecule has 0 saturated heterocycles. The Hall–Kier alpha value is -1.22. The Morgan fingerprint density at radius 1 is 1.25 bits per heavy atom. The van der Waals surface area contributed by atoms with Crippen molar-refractivity contribution in [2.45, 2.75) is 30.6 Å². The van der Waals surface area contributed by atoms with Crippen molar-refractivity contribution in [2.75, 3.05) is 0 Å². The van der Waals surface area contributed by atoms with Crippen LogP contribution in [0.2, 0.25) is 0 Å². The minimum Gasteiger partial charge on any atom is -0.351 e. The Balaban J connectivity index is 2.06. The molecular weight excluding hydrogens is 412 g/mol. The molecule has 2 rings (SSSR count). The molecule has 1 amide bonds. The fourth-order valence-electron chi connectivity index (χ4n) is 2.08. The van der Waals surface area contributed by atoms with Gasteiger partial charge in [0.05, 0.1) is 0 Å². The van der Waals surface area contributed by atoms with E-state index in [0.717, 1.165) is 21.4 Å². The zero-order valence-electron chi connectivity index (χ0n) is 13.3. The Morgan fingerprint density at radius 3 is 2.58 bits per heavy atom. The number of carbonyl (C=O) groups is 1. The number of halogens is 1. The van der Waals surface area contributed by atoms with Crippen molar-refractivity contribution in [3.05, 3.63) is 51.8 Å². The minimum atomic E-state index is -3.70. The van der Waals surface area contributed by atoms with E-state index in [2.05, 4.69) is 26.0 Å². The fourth-order valence-corrected chi connectivity index (χ4v) is 4.88. The molecule has 1 aromatic heterocycles. The SMILES string of the molecule is CC(C)[C@@H](NS(=O)(=O)c1cccs1)C(=O)NCc1cccc(Br)c1. The van der Waals surface area contributed by atoms with Gasteiger partial charge in [-0.15, -0.1) is 11.3 Å². The summed E-state index contributed by atoms with van der Waals surface area (Å²) in [6.45, 7) is 3.95. The molecule has 24 heavy (non-hydrogen) atoms. The van der Waals surface area contributed by atoms with Crippen LogP contribution >= 0.6 is 27.3 Å². The van der Waals surface area contributed by atoms with Gasteiger partial charge in [-0.2, -0.15) is 4.72 Å². The largest absolute Gasteiger partial charge is 0.351 e. The first-order valence-corrected chi connectivity index (χ1v) is 10.5. The van der Waals surface area contributed by atoms with E-state index in [4.69, 9.17) is 0 Å². The molecule has 5 nitrogen and oxygen atoms in total. The van der Waals surface area contributed by atoms with Crippen LogP contribution in [0.15, 0.2) is 50.5 Å². The van der Waals surface area contributed by atoms with Gasteiger partial charge in [-0.05, 0) is 35.1 Å².